The topological polar surface area (TPSA) is 40.5 Å². The van der Waals surface area contributed by atoms with Crippen molar-refractivity contribution < 1.29 is 14.4 Å². The van der Waals surface area contributed by atoms with Gasteiger partial charge in [0.1, 0.15) is 0 Å². The van der Waals surface area contributed by atoms with Gasteiger partial charge in [0.25, 0.3) is 0 Å². The molecule has 1 aliphatic heterocycles. The maximum Gasteiger partial charge on any atom is 0.333 e. The van der Waals surface area contributed by atoms with E-state index >= 15 is 0 Å². The predicted molar refractivity (Wildman–Crippen MR) is 49.5 cm³/mol. The first-order valence-electron chi connectivity index (χ1n) is 4.15. The molecule has 0 radical (unpaired) electrons. The van der Waals surface area contributed by atoms with Crippen molar-refractivity contribution in [2.45, 2.75) is 6.42 Å². The van der Waals surface area contributed by atoms with Crippen LogP contribution in [0, 0.1) is 0 Å². The number of halogens is 1. The Morgan fingerprint density at radius 3 is 2.86 bits per heavy atom. The Kier molecular flexibility index (Phi) is 1.96. The first kappa shape index (κ1) is 8.74. The number of carboxylic acid groups (broad SMARTS) is 1. The zero-order valence-corrected chi connectivity index (χ0v) is 7.27. The van der Waals surface area contributed by atoms with Crippen molar-refractivity contribution in [2.75, 3.05) is 5.12 Å². The van der Waals surface area contributed by atoms with Gasteiger partial charge in [0.05, 0.1) is 11.3 Å². The molecule has 1 aromatic rings. The second-order valence-electron chi connectivity index (χ2n) is 3.08. The third-order valence-corrected chi connectivity index (χ3v) is 2.15. The maximum absolute atomic E-state index is 13.3. The van der Waals surface area contributed by atoms with Gasteiger partial charge in [-0.3, -0.25) is 0 Å². The van der Waals surface area contributed by atoms with Crippen LogP contribution < -0.4 is 5.12 Å². The summed E-state index contributed by atoms with van der Waals surface area (Å²) in [5.74, 6) is -1.08. The number of rotatable bonds is 1. The van der Waals surface area contributed by atoms with Gasteiger partial charge in [0, 0.05) is 12.6 Å². The SMILES string of the molecule is O=C(O)C1=CN(F)c2ccccc2C1. The van der Waals surface area contributed by atoms with E-state index in [4.69, 9.17) is 5.11 Å². The fourth-order valence-electron chi connectivity index (χ4n) is 1.46. The summed E-state index contributed by atoms with van der Waals surface area (Å²) in [6.45, 7) is 0. The van der Waals surface area contributed by atoms with E-state index in [1.165, 1.54) is 0 Å². The fraction of sp³-hybridized carbons (Fsp3) is 0.100. The van der Waals surface area contributed by atoms with E-state index in [-0.39, 0.29) is 12.0 Å². The molecule has 0 aliphatic carbocycles. The molecule has 14 heavy (non-hydrogen) atoms. The number of hydrogen-bond donors (Lipinski definition) is 1. The molecule has 3 nitrogen and oxygen atoms in total. The Labute approximate surface area is 80.0 Å². The van der Waals surface area contributed by atoms with E-state index < -0.39 is 5.97 Å². The molecule has 0 saturated heterocycles. The summed E-state index contributed by atoms with van der Waals surface area (Å²) in [6.07, 6.45) is 1.27. The van der Waals surface area contributed by atoms with Crippen LogP contribution in [0.5, 0.6) is 0 Å². The standard InChI is InChI=1S/C10H8FNO2/c11-12-6-8(10(13)14)5-7-3-1-2-4-9(7)12/h1-4,6H,5H2,(H,13,14). The number of fused-ring (bicyclic) bond motifs is 1. The summed E-state index contributed by atoms with van der Waals surface area (Å²) in [6, 6.07) is 6.81. The second-order valence-corrected chi connectivity index (χ2v) is 3.08. The summed E-state index contributed by atoms with van der Waals surface area (Å²) >= 11 is 0. The summed E-state index contributed by atoms with van der Waals surface area (Å²) < 4.78 is 13.3. The van der Waals surface area contributed by atoms with Gasteiger partial charge < -0.3 is 5.11 Å². The average Bonchev–Trinajstić information content (AvgIpc) is 2.17. The highest BCUT2D eigenvalue weighted by molar-refractivity contribution is 5.89. The molecule has 0 fully saturated rings. The van der Waals surface area contributed by atoms with Crippen LogP contribution in [0.1, 0.15) is 5.56 Å². The van der Waals surface area contributed by atoms with Crippen LogP contribution in [0.2, 0.25) is 0 Å². The van der Waals surface area contributed by atoms with Crippen molar-refractivity contribution in [3.05, 3.63) is 41.6 Å². The Morgan fingerprint density at radius 1 is 1.43 bits per heavy atom. The molecular weight excluding hydrogens is 185 g/mol. The molecule has 1 aromatic carbocycles. The van der Waals surface area contributed by atoms with Gasteiger partial charge in [-0.15, -0.1) is 0 Å². The van der Waals surface area contributed by atoms with Crippen molar-refractivity contribution >= 4 is 11.7 Å². The van der Waals surface area contributed by atoms with E-state index in [0.29, 0.717) is 16.4 Å². The number of hydrogen-bond acceptors (Lipinski definition) is 2. The van der Waals surface area contributed by atoms with E-state index in [1.54, 1.807) is 24.3 Å². The van der Waals surface area contributed by atoms with Crippen LogP contribution in [0.3, 0.4) is 0 Å². The van der Waals surface area contributed by atoms with Gasteiger partial charge in [-0.05, 0) is 11.6 Å². The van der Waals surface area contributed by atoms with Gasteiger partial charge in [0.15, 0.2) is 0 Å². The minimum Gasteiger partial charge on any atom is -0.478 e. The van der Waals surface area contributed by atoms with Crippen LogP contribution in [0.15, 0.2) is 36.0 Å². The van der Waals surface area contributed by atoms with E-state index in [9.17, 15) is 9.28 Å². The molecule has 0 bridgehead atoms. The number of carboxylic acids is 1. The highest BCUT2D eigenvalue weighted by Gasteiger charge is 2.20. The number of aliphatic carboxylic acids is 1. The molecule has 0 spiro atoms. The largest absolute Gasteiger partial charge is 0.478 e. The summed E-state index contributed by atoms with van der Waals surface area (Å²) in [7, 11) is 0. The smallest absolute Gasteiger partial charge is 0.333 e. The molecule has 0 saturated carbocycles. The van der Waals surface area contributed by atoms with E-state index in [2.05, 4.69) is 0 Å². The van der Waals surface area contributed by atoms with Crippen LogP contribution in [0.25, 0.3) is 0 Å². The average molecular weight is 193 g/mol. The van der Waals surface area contributed by atoms with Crippen LogP contribution in [0.4, 0.5) is 10.2 Å². The monoisotopic (exact) mass is 193 g/mol. The molecule has 1 aliphatic rings. The predicted octanol–water partition coefficient (Wildman–Crippen LogP) is 1.90. The number of para-hydroxylation sites is 1. The molecule has 72 valence electrons. The second kappa shape index (κ2) is 3.14. The third kappa shape index (κ3) is 1.35. The van der Waals surface area contributed by atoms with Crippen LogP contribution >= 0.6 is 0 Å². The van der Waals surface area contributed by atoms with Gasteiger partial charge in [-0.1, -0.05) is 22.7 Å². The van der Waals surface area contributed by atoms with Crippen molar-refractivity contribution in [1.29, 1.82) is 0 Å². The van der Waals surface area contributed by atoms with Crippen molar-refractivity contribution in [3.63, 3.8) is 0 Å². The summed E-state index contributed by atoms with van der Waals surface area (Å²) in [5.41, 5.74) is 1.17. The number of benzene rings is 1. The molecule has 2 rings (SSSR count). The Balaban J connectivity index is 2.42. The van der Waals surface area contributed by atoms with Crippen molar-refractivity contribution in [1.82, 2.24) is 0 Å². The summed E-state index contributed by atoms with van der Waals surface area (Å²) in [4.78, 5) is 10.6. The highest BCUT2D eigenvalue weighted by atomic mass is 19.2. The van der Waals surface area contributed by atoms with Crippen LogP contribution in [-0.2, 0) is 11.2 Å². The maximum atomic E-state index is 13.3. The molecule has 0 amide bonds. The van der Waals surface area contributed by atoms with E-state index in [0.717, 1.165) is 6.20 Å². The van der Waals surface area contributed by atoms with Crippen molar-refractivity contribution in [2.24, 2.45) is 0 Å². The van der Waals surface area contributed by atoms with E-state index in [1.807, 2.05) is 0 Å². The lowest BCUT2D eigenvalue weighted by molar-refractivity contribution is -0.132. The molecule has 0 aromatic heterocycles. The highest BCUT2D eigenvalue weighted by Crippen LogP contribution is 2.28. The zero-order chi connectivity index (χ0) is 10.1. The Bertz CT molecular complexity index is 414. The molecule has 0 atom stereocenters. The van der Waals surface area contributed by atoms with Gasteiger partial charge in [-0.25, -0.2) is 4.79 Å². The normalized spacial score (nSPS) is 14.6. The fourth-order valence-corrected chi connectivity index (χ4v) is 1.46. The van der Waals surface area contributed by atoms with Crippen molar-refractivity contribution in [3.8, 4) is 0 Å². The Hall–Kier alpha value is -1.84. The quantitative estimate of drug-likeness (QED) is 0.692. The number of carbonyl (C=O) groups is 1. The van der Waals surface area contributed by atoms with Gasteiger partial charge >= 0.3 is 5.97 Å². The molecule has 1 N–H and O–H groups in total. The van der Waals surface area contributed by atoms with Gasteiger partial charge in [-0.2, -0.15) is 5.12 Å². The lowest BCUT2D eigenvalue weighted by atomic mass is 10.0. The van der Waals surface area contributed by atoms with Gasteiger partial charge in [0.2, 0.25) is 0 Å². The lowest BCUT2D eigenvalue weighted by Crippen LogP contribution is -2.17. The minimum absolute atomic E-state index is 0.0613. The number of nitrogens with zero attached hydrogens (tertiary/aromatic N) is 1. The minimum atomic E-state index is -1.08. The molecule has 1 heterocycles. The number of anilines is 1. The molecule has 4 heteroatoms. The first-order valence-corrected chi connectivity index (χ1v) is 4.15. The third-order valence-electron chi connectivity index (χ3n) is 2.15. The molecular formula is C10H8FNO2. The zero-order valence-electron chi connectivity index (χ0n) is 7.27. The first-order chi connectivity index (χ1) is 6.68. The van der Waals surface area contributed by atoms with Crippen LogP contribution in [-0.4, -0.2) is 11.1 Å². The molecule has 0 unspecified atom stereocenters. The Morgan fingerprint density at radius 2 is 2.14 bits per heavy atom. The summed E-state index contributed by atoms with van der Waals surface area (Å²) in [5, 5.41) is 9.07. The lowest BCUT2D eigenvalue weighted by Gasteiger charge is -2.19.